The van der Waals surface area contributed by atoms with Crippen LogP contribution in [0.4, 0.5) is 5.69 Å². The van der Waals surface area contributed by atoms with E-state index in [0.717, 1.165) is 31.9 Å². The molecule has 4 rings (SSSR count). The monoisotopic (exact) mass is 569 g/mol. The Morgan fingerprint density at radius 3 is 2.20 bits per heavy atom. The summed E-state index contributed by atoms with van der Waals surface area (Å²) in [5.41, 5.74) is 1.30. The zero-order chi connectivity index (χ0) is 30.1. The van der Waals surface area contributed by atoms with E-state index < -0.39 is 30.1 Å². The van der Waals surface area contributed by atoms with Gasteiger partial charge in [-0.3, -0.25) is 19.2 Å². The molecule has 3 heterocycles. The van der Waals surface area contributed by atoms with Crippen molar-refractivity contribution in [1.29, 1.82) is 0 Å². The molecule has 41 heavy (non-hydrogen) atoms. The highest BCUT2D eigenvalue weighted by molar-refractivity contribution is 6.01. The summed E-state index contributed by atoms with van der Waals surface area (Å²) < 4.78 is 0. The Balaban J connectivity index is 1.43. The molecule has 0 aromatic heterocycles. The van der Waals surface area contributed by atoms with E-state index in [1.54, 1.807) is 17.0 Å². The third-order valence-electron chi connectivity index (χ3n) is 8.39. The molecule has 1 aromatic carbocycles. The number of piperazine rings is 1. The van der Waals surface area contributed by atoms with Crippen molar-refractivity contribution in [2.24, 2.45) is 11.3 Å². The minimum atomic E-state index is -1.19. The molecule has 0 aliphatic carbocycles. The van der Waals surface area contributed by atoms with Crippen molar-refractivity contribution in [3.05, 3.63) is 29.8 Å². The normalized spacial score (nSPS) is 23.1. The number of likely N-dealkylation sites (N-methyl/N-ethyl adjacent to an activating group) is 1. The van der Waals surface area contributed by atoms with Crippen LogP contribution in [0.1, 0.15) is 64.2 Å². The summed E-state index contributed by atoms with van der Waals surface area (Å²) in [4.78, 5) is 60.8. The second-order valence-electron chi connectivity index (χ2n) is 13.5. The Hall–Kier alpha value is -2.98. The van der Waals surface area contributed by atoms with Gasteiger partial charge in [-0.15, -0.1) is 0 Å². The first-order valence-electron chi connectivity index (χ1n) is 14.9. The van der Waals surface area contributed by atoms with Crippen molar-refractivity contribution in [3.8, 4) is 0 Å². The van der Waals surface area contributed by atoms with Crippen LogP contribution in [0.3, 0.4) is 0 Å². The quantitative estimate of drug-likeness (QED) is 0.491. The fourth-order valence-electron chi connectivity index (χ4n) is 6.24. The number of hydrogen-bond acceptors (Lipinski definition) is 7. The lowest BCUT2D eigenvalue weighted by Crippen LogP contribution is -2.53. The molecule has 3 aliphatic rings. The van der Waals surface area contributed by atoms with E-state index in [1.165, 1.54) is 4.90 Å². The molecule has 3 fully saturated rings. The lowest BCUT2D eigenvalue weighted by atomic mass is 9.89. The number of anilines is 1. The molecule has 0 radical (unpaired) electrons. The van der Waals surface area contributed by atoms with E-state index in [9.17, 15) is 24.3 Å². The van der Waals surface area contributed by atoms with Crippen molar-refractivity contribution in [2.45, 2.75) is 78.1 Å². The molecule has 3 saturated heterocycles. The summed E-state index contributed by atoms with van der Waals surface area (Å²) in [7, 11) is 2.11. The molecule has 3 amide bonds. The van der Waals surface area contributed by atoms with E-state index in [-0.39, 0.29) is 41.9 Å². The first-order chi connectivity index (χ1) is 19.2. The topological polar surface area (TPSA) is 114 Å². The van der Waals surface area contributed by atoms with Gasteiger partial charge in [-0.25, -0.2) is 0 Å². The smallest absolute Gasteiger partial charge is 0.252 e. The lowest BCUT2D eigenvalue weighted by molar-refractivity contribution is -0.143. The summed E-state index contributed by atoms with van der Waals surface area (Å²) in [6.45, 7) is 13.9. The number of nitrogens with one attached hydrogen (secondary N) is 1. The summed E-state index contributed by atoms with van der Waals surface area (Å²) in [5.74, 6) is -1.16. The largest absolute Gasteiger partial charge is 0.383 e. The Labute approximate surface area is 244 Å². The standard InChI is InChI=1S/C31H47N5O5/c1-20(2)17-23(32-28(39)21-7-9-22(10-8-21)34-15-13-33(6)14-16-34)29(40)35-12-11-24-27(35)26(38)19-36(24)30(41)25(37)18-31(3,4)5/h7-10,20,23-25,27,37H,11-19H2,1-6H3,(H,32,39). The van der Waals surface area contributed by atoms with Gasteiger partial charge in [-0.05, 0) is 61.9 Å². The van der Waals surface area contributed by atoms with E-state index in [0.29, 0.717) is 24.9 Å². The van der Waals surface area contributed by atoms with Crippen LogP contribution in [0.2, 0.25) is 0 Å². The fourth-order valence-corrected chi connectivity index (χ4v) is 6.24. The van der Waals surface area contributed by atoms with Crippen LogP contribution >= 0.6 is 0 Å². The van der Waals surface area contributed by atoms with Gasteiger partial charge in [0.15, 0.2) is 5.78 Å². The number of nitrogens with zero attached hydrogens (tertiary/aromatic N) is 4. The second kappa shape index (κ2) is 12.5. The number of carbonyl (C=O) groups is 4. The molecule has 2 N–H and O–H groups in total. The number of carbonyl (C=O) groups excluding carboxylic acids is 4. The number of benzene rings is 1. The molecule has 10 nitrogen and oxygen atoms in total. The Morgan fingerprint density at radius 2 is 1.61 bits per heavy atom. The molecular weight excluding hydrogens is 522 g/mol. The van der Waals surface area contributed by atoms with Crippen LogP contribution < -0.4 is 10.2 Å². The highest BCUT2D eigenvalue weighted by atomic mass is 16.3. The predicted molar refractivity (Wildman–Crippen MR) is 158 cm³/mol. The van der Waals surface area contributed by atoms with Crippen molar-refractivity contribution >= 4 is 29.2 Å². The van der Waals surface area contributed by atoms with Crippen LogP contribution in [0, 0.1) is 11.3 Å². The lowest BCUT2D eigenvalue weighted by Gasteiger charge is -2.34. The molecule has 0 saturated carbocycles. The number of ketones is 1. The zero-order valence-corrected chi connectivity index (χ0v) is 25.4. The number of rotatable bonds is 8. The third kappa shape index (κ3) is 7.27. The Bertz CT molecular complexity index is 1120. The van der Waals surface area contributed by atoms with Crippen molar-refractivity contribution in [1.82, 2.24) is 20.0 Å². The van der Waals surface area contributed by atoms with Gasteiger partial charge in [0.1, 0.15) is 18.2 Å². The number of aliphatic hydroxyl groups excluding tert-OH is 1. The highest BCUT2D eigenvalue weighted by Gasteiger charge is 2.53. The van der Waals surface area contributed by atoms with E-state index in [4.69, 9.17) is 0 Å². The minimum Gasteiger partial charge on any atom is -0.383 e. The van der Waals surface area contributed by atoms with Gasteiger partial charge in [0.2, 0.25) is 5.91 Å². The second-order valence-corrected chi connectivity index (χ2v) is 13.5. The molecule has 4 unspecified atom stereocenters. The Morgan fingerprint density at radius 1 is 0.976 bits per heavy atom. The zero-order valence-electron chi connectivity index (χ0n) is 25.4. The number of likely N-dealkylation sites (tertiary alicyclic amines) is 2. The number of aliphatic hydroxyl groups is 1. The van der Waals surface area contributed by atoms with Crippen LogP contribution in [-0.4, -0.2) is 114 Å². The van der Waals surface area contributed by atoms with Crippen molar-refractivity contribution in [2.75, 3.05) is 51.2 Å². The van der Waals surface area contributed by atoms with Gasteiger partial charge < -0.3 is 30.0 Å². The van der Waals surface area contributed by atoms with Crippen LogP contribution in [0.15, 0.2) is 24.3 Å². The summed E-state index contributed by atoms with van der Waals surface area (Å²) >= 11 is 0. The maximum atomic E-state index is 13.8. The Kier molecular flexibility index (Phi) is 9.43. The van der Waals surface area contributed by atoms with Crippen LogP contribution in [0.5, 0.6) is 0 Å². The van der Waals surface area contributed by atoms with Gasteiger partial charge in [-0.2, -0.15) is 0 Å². The first-order valence-corrected chi connectivity index (χ1v) is 14.9. The van der Waals surface area contributed by atoms with Crippen molar-refractivity contribution in [3.63, 3.8) is 0 Å². The molecule has 10 heteroatoms. The van der Waals surface area contributed by atoms with Gasteiger partial charge >= 0.3 is 0 Å². The van der Waals surface area contributed by atoms with Crippen LogP contribution in [0.25, 0.3) is 0 Å². The maximum Gasteiger partial charge on any atom is 0.252 e. The average molecular weight is 570 g/mol. The SMILES string of the molecule is CC(C)CC(NC(=O)c1ccc(N2CCN(C)CC2)cc1)C(=O)N1CCC2C1C(=O)CN2C(=O)C(O)CC(C)(C)C. The summed E-state index contributed by atoms with van der Waals surface area (Å²) in [6, 6.07) is 5.48. The fraction of sp³-hybridized carbons (Fsp3) is 0.677. The van der Waals surface area contributed by atoms with E-state index >= 15 is 0 Å². The van der Waals surface area contributed by atoms with Crippen LogP contribution in [-0.2, 0) is 14.4 Å². The van der Waals surface area contributed by atoms with Gasteiger partial charge in [-0.1, -0.05) is 34.6 Å². The van der Waals surface area contributed by atoms with Gasteiger partial charge in [0, 0.05) is 44.0 Å². The van der Waals surface area contributed by atoms with E-state index in [2.05, 4.69) is 22.2 Å². The average Bonchev–Trinajstić information content (AvgIpc) is 3.48. The number of fused-ring (bicyclic) bond motifs is 1. The minimum absolute atomic E-state index is 0.111. The molecule has 1 aromatic rings. The van der Waals surface area contributed by atoms with Gasteiger partial charge in [0.05, 0.1) is 12.6 Å². The van der Waals surface area contributed by atoms with Crippen molar-refractivity contribution < 1.29 is 24.3 Å². The summed E-state index contributed by atoms with van der Waals surface area (Å²) in [5, 5.41) is 13.5. The maximum absolute atomic E-state index is 13.8. The number of hydrogen-bond donors (Lipinski definition) is 2. The molecule has 3 aliphatic heterocycles. The highest BCUT2D eigenvalue weighted by Crippen LogP contribution is 2.32. The number of Topliss-reactive ketones (excluding diaryl/α,β-unsaturated/α-hetero) is 1. The summed E-state index contributed by atoms with van der Waals surface area (Å²) in [6.07, 6.45) is -0.0115. The first kappa shape index (κ1) is 31.0. The van der Waals surface area contributed by atoms with Gasteiger partial charge in [0.25, 0.3) is 11.8 Å². The van der Waals surface area contributed by atoms with E-state index in [1.807, 2.05) is 46.8 Å². The molecule has 4 atom stereocenters. The predicted octanol–water partition coefficient (Wildman–Crippen LogP) is 1.76. The molecule has 226 valence electrons. The third-order valence-corrected chi connectivity index (χ3v) is 8.39. The molecule has 0 bridgehead atoms. The molecular formula is C31H47N5O5. The number of amides is 3. The molecule has 0 spiro atoms.